The van der Waals surface area contributed by atoms with Crippen LogP contribution in [0.1, 0.15) is 44.0 Å². The highest BCUT2D eigenvalue weighted by Gasteiger charge is 2.39. The van der Waals surface area contributed by atoms with Crippen molar-refractivity contribution in [2.45, 2.75) is 38.1 Å². The van der Waals surface area contributed by atoms with Gasteiger partial charge in [-0.2, -0.15) is 4.98 Å². The number of carbonyl (C=O) groups is 1. The van der Waals surface area contributed by atoms with Gasteiger partial charge in [-0.05, 0) is 44.2 Å². The van der Waals surface area contributed by atoms with Crippen molar-refractivity contribution in [3.8, 4) is 11.4 Å². The summed E-state index contributed by atoms with van der Waals surface area (Å²) in [6, 6.07) is 3.67. The third-order valence-electron chi connectivity index (χ3n) is 4.36. The third-order valence-corrected chi connectivity index (χ3v) is 4.36. The van der Waals surface area contributed by atoms with Gasteiger partial charge in [-0.15, -0.1) is 0 Å². The van der Waals surface area contributed by atoms with Crippen molar-refractivity contribution in [1.82, 2.24) is 20.0 Å². The minimum Gasteiger partial charge on any atom is -0.337 e. The summed E-state index contributed by atoms with van der Waals surface area (Å²) in [6.45, 7) is 0.796. The second-order valence-electron chi connectivity index (χ2n) is 6.02. The fourth-order valence-electron chi connectivity index (χ4n) is 3.00. The molecular weight excluding hydrogens is 280 g/mol. The molecule has 1 saturated carbocycles. The minimum absolute atomic E-state index is 0.0697. The summed E-state index contributed by atoms with van der Waals surface area (Å²) in [4.78, 5) is 23.0. The van der Waals surface area contributed by atoms with Gasteiger partial charge in [0, 0.05) is 30.4 Å². The third kappa shape index (κ3) is 2.49. The molecule has 114 valence electrons. The Bertz CT molecular complexity index is 666. The van der Waals surface area contributed by atoms with Gasteiger partial charge in [0.15, 0.2) is 0 Å². The summed E-state index contributed by atoms with van der Waals surface area (Å²) < 4.78 is 5.46. The first kappa shape index (κ1) is 13.4. The van der Waals surface area contributed by atoms with E-state index in [1.54, 1.807) is 12.4 Å². The molecule has 6 nitrogen and oxygen atoms in total. The molecular formula is C16H18N4O2. The molecule has 0 spiro atoms. The van der Waals surface area contributed by atoms with E-state index < -0.39 is 0 Å². The highest BCUT2D eigenvalue weighted by molar-refractivity contribution is 5.81. The summed E-state index contributed by atoms with van der Waals surface area (Å²) in [7, 11) is 0. The second kappa shape index (κ2) is 5.51. The standard InChI is InChI=1S/C16H18N4O2/c21-16(11-6-7-11)20-9-2-1-5-13(20)15-18-14(19-22-15)12-4-3-8-17-10-12/h3-4,8,10-11,13H,1-2,5-7,9H2/t13-/m1/s1. The van der Waals surface area contributed by atoms with E-state index in [2.05, 4.69) is 15.1 Å². The van der Waals surface area contributed by atoms with Gasteiger partial charge in [-0.3, -0.25) is 9.78 Å². The van der Waals surface area contributed by atoms with Crippen molar-refractivity contribution in [1.29, 1.82) is 0 Å². The van der Waals surface area contributed by atoms with Gasteiger partial charge in [0.2, 0.25) is 17.6 Å². The van der Waals surface area contributed by atoms with Crippen molar-refractivity contribution in [2.75, 3.05) is 6.54 Å². The average molecular weight is 298 g/mol. The van der Waals surface area contributed by atoms with Crippen LogP contribution in [0.2, 0.25) is 0 Å². The number of likely N-dealkylation sites (tertiary alicyclic amines) is 1. The predicted octanol–water partition coefficient (Wildman–Crippen LogP) is 2.60. The molecule has 4 rings (SSSR count). The number of pyridine rings is 1. The first-order valence-electron chi connectivity index (χ1n) is 7.87. The van der Waals surface area contributed by atoms with E-state index in [1.807, 2.05) is 17.0 Å². The maximum absolute atomic E-state index is 12.4. The molecule has 2 aliphatic rings. The Balaban J connectivity index is 1.59. The smallest absolute Gasteiger partial charge is 0.249 e. The van der Waals surface area contributed by atoms with Gasteiger partial charge in [0.05, 0.1) is 0 Å². The summed E-state index contributed by atoms with van der Waals surface area (Å²) in [5.74, 6) is 1.56. The van der Waals surface area contributed by atoms with Gasteiger partial charge < -0.3 is 9.42 Å². The number of carbonyl (C=O) groups excluding carboxylic acids is 1. The Labute approximate surface area is 128 Å². The van der Waals surface area contributed by atoms with Crippen LogP contribution in [0, 0.1) is 5.92 Å². The fourth-order valence-corrected chi connectivity index (χ4v) is 3.00. The van der Waals surface area contributed by atoms with Gasteiger partial charge in [0.1, 0.15) is 6.04 Å². The van der Waals surface area contributed by atoms with Crippen LogP contribution < -0.4 is 0 Å². The van der Waals surface area contributed by atoms with Crippen LogP contribution in [0.3, 0.4) is 0 Å². The van der Waals surface area contributed by atoms with E-state index in [4.69, 9.17) is 4.52 Å². The number of hydrogen-bond acceptors (Lipinski definition) is 5. The first-order chi connectivity index (χ1) is 10.8. The van der Waals surface area contributed by atoms with Crippen LogP contribution in [0.15, 0.2) is 29.0 Å². The monoisotopic (exact) mass is 298 g/mol. The number of aromatic nitrogens is 3. The van der Waals surface area contributed by atoms with Crippen LogP contribution in [0.25, 0.3) is 11.4 Å². The maximum atomic E-state index is 12.4. The number of hydrogen-bond donors (Lipinski definition) is 0. The Morgan fingerprint density at radius 3 is 2.95 bits per heavy atom. The Kier molecular flexibility index (Phi) is 3.36. The van der Waals surface area contributed by atoms with Gasteiger partial charge in [-0.1, -0.05) is 5.16 Å². The molecule has 22 heavy (non-hydrogen) atoms. The van der Waals surface area contributed by atoms with E-state index in [9.17, 15) is 4.79 Å². The van der Waals surface area contributed by atoms with E-state index in [0.29, 0.717) is 11.7 Å². The topological polar surface area (TPSA) is 72.1 Å². The van der Waals surface area contributed by atoms with Crippen LogP contribution in [0.5, 0.6) is 0 Å². The fraction of sp³-hybridized carbons (Fsp3) is 0.500. The quantitative estimate of drug-likeness (QED) is 0.871. The van der Waals surface area contributed by atoms with E-state index in [-0.39, 0.29) is 17.9 Å². The summed E-state index contributed by atoms with van der Waals surface area (Å²) >= 11 is 0. The molecule has 0 aromatic carbocycles. The SMILES string of the molecule is O=C(C1CC1)N1CCCC[C@@H]1c1nc(-c2cccnc2)no1. The molecule has 0 radical (unpaired) electrons. The van der Waals surface area contributed by atoms with Gasteiger partial charge in [0.25, 0.3) is 0 Å². The molecule has 1 atom stereocenters. The minimum atomic E-state index is -0.0697. The molecule has 0 bridgehead atoms. The molecule has 0 N–H and O–H groups in total. The lowest BCUT2D eigenvalue weighted by atomic mass is 10.0. The van der Waals surface area contributed by atoms with Crippen molar-refractivity contribution >= 4 is 5.91 Å². The molecule has 2 aromatic rings. The molecule has 1 amide bonds. The van der Waals surface area contributed by atoms with Crippen molar-refractivity contribution < 1.29 is 9.32 Å². The van der Waals surface area contributed by atoms with Crippen molar-refractivity contribution in [2.24, 2.45) is 5.92 Å². The molecule has 2 fully saturated rings. The molecule has 1 saturated heterocycles. The molecule has 0 unspecified atom stereocenters. The largest absolute Gasteiger partial charge is 0.337 e. The van der Waals surface area contributed by atoms with Crippen molar-refractivity contribution in [3.05, 3.63) is 30.4 Å². The maximum Gasteiger partial charge on any atom is 0.249 e. The Morgan fingerprint density at radius 1 is 1.27 bits per heavy atom. The second-order valence-corrected chi connectivity index (χ2v) is 6.02. The molecule has 3 heterocycles. The van der Waals surface area contributed by atoms with E-state index >= 15 is 0 Å². The predicted molar refractivity (Wildman–Crippen MR) is 78.6 cm³/mol. The zero-order chi connectivity index (χ0) is 14.9. The van der Waals surface area contributed by atoms with E-state index in [0.717, 1.165) is 44.2 Å². The number of nitrogens with zero attached hydrogens (tertiary/aromatic N) is 4. The van der Waals surface area contributed by atoms with Crippen LogP contribution in [0.4, 0.5) is 0 Å². The number of rotatable bonds is 3. The van der Waals surface area contributed by atoms with Crippen LogP contribution in [-0.4, -0.2) is 32.5 Å². The number of amides is 1. The highest BCUT2D eigenvalue weighted by atomic mass is 16.5. The Hall–Kier alpha value is -2.24. The lowest BCUT2D eigenvalue weighted by Crippen LogP contribution is -2.39. The van der Waals surface area contributed by atoms with Gasteiger partial charge in [-0.25, -0.2) is 0 Å². The summed E-state index contributed by atoms with van der Waals surface area (Å²) in [6.07, 6.45) is 8.50. The zero-order valence-electron chi connectivity index (χ0n) is 12.3. The first-order valence-corrected chi connectivity index (χ1v) is 7.87. The lowest BCUT2D eigenvalue weighted by Gasteiger charge is -2.33. The molecule has 1 aliphatic heterocycles. The normalized spacial score (nSPS) is 21.8. The Morgan fingerprint density at radius 2 is 2.18 bits per heavy atom. The van der Waals surface area contributed by atoms with Crippen LogP contribution in [-0.2, 0) is 4.79 Å². The highest BCUT2D eigenvalue weighted by Crippen LogP contribution is 2.37. The van der Waals surface area contributed by atoms with Crippen LogP contribution >= 0.6 is 0 Å². The zero-order valence-corrected chi connectivity index (χ0v) is 12.3. The number of piperidine rings is 1. The molecule has 2 aromatic heterocycles. The van der Waals surface area contributed by atoms with E-state index in [1.165, 1.54) is 0 Å². The summed E-state index contributed by atoms with van der Waals surface area (Å²) in [5.41, 5.74) is 0.827. The molecule has 1 aliphatic carbocycles. The average Bonchev–Trinajstić information content (AvgIpc) is 3.32. The summed E-state index contributed by atoms with van der Waals surface area (Å²) in [5, 5.41) is 4.05. The van der Waals surface area contributed by atoms with Crippen molar-refractivity contribution in [3.63, 3.8) is 0 Å². The lowest BCUT2D eigenvalue weighted by molar-refractivity contribution is -0.137. The molecule has 6 heteroatoms. The van der Waals surface area contributed by atoms with Gasteiger partial charge >= 0.3 is 0 Å².